The average molecular weight is 295 g/mol. The summed E-state index contributed by atoms with van der Waals surface area (Å²) in [5.41, 5.74) is -0.532. The van der Waals surface area contributed by atoms with Crippen molar-refractivity contribution in [3.8, 4) is 0 Å². The number of hydrogen-bond donors (Lipinski definition) is 3. The van der Waals surface area contributed by atoms with Gasteiger partial charge in [0.1, 0.15) is 6.10 Å². The predicted molar refractivity (Wildman–Crippen MR) is 76.6 cm³/mol. The maximum absolute atomic E-state index is 11.8. The van der Waals surface area contributed by atoms with Gasteiger partial charge >= 0.3 is 5.97 Å². The van der Waals surface area contributed by atoms with Crippen LogP contribution in [-0.2, 0) is 20.9 Å². The van der Waals surface area contributed by atoms with E-state index in [9.17, 15) is 14.7 Å². The number of nitrogens with one attached hydrogen (secondary N) is 1. The van der Waals surface area contributed by atoms with Gasteiger partial charge < -0.3 is 20.3 Å². The molecule has 6 heteroatoms. The Morgan fingerprint density at radius 1 is 1.33 bits per heavy atom. The van der Waals surface area contributed by atoms with E-state index in [0.29, 0.717) is 6.61 Å². The molecular weight excluding hydrogens is 274 g/mol. The maximum Gasteiger partial charge on any atom is 0.306 e. The smallest absolute Gasteiger partial charge is 0.306 e. The molecule has 1 aromatic carbocycles. The van der Waals surface area contributed by atoms with Gasteiger partial charge in [0.25, 0.3) is 0 Å². The third-order valence-corrected chi connectivity index (χ3v) is 2.89. The molecule has 0 aliphatic carbocycles. The summed E-state index contributed by atoms with van der Waals surface area (Å²) in [6.07, 6.45) is -1.13. The Bertz CT molecular complexity index is 472. The highest BCUT2D eigenvalue weighted by Gasteiger charge is 2.26. The number of ether oxygens (including phenoxy) is 1. The molecule has 6 nitrogen and oxygen atoms in total. The minimum atomic E-state index is -1.49. The van der Waals surface area contributed by atoms with Gasteiger partial charge in [-0.05, 0) is 19.4 Å². The van der Waals surface area contributed by atoms with E-state index in [1.54, 1.807) is 6.92 Å². The number of carbonyl (C=O) groups excluding carboxylic acids is 1. The van der Waals surface area contributed by atoms with E-state index in [4.69, 9.17) is 9.84 Å². The van der Waals surface area contributed by atoms with Gasteiger partial charge in [0.15, 0.2) is 0 Å². The second kappa shape index (κ2) is 7.75. The lowest BCUT2D eigenvalue weighted by atomic mass is 10.0. The summed E-state index contributed by atoms with van der Waals surface area (Å²) < 4.78 is 5.43. The van der Waals surface area contributed by atoms with E-state index in [1.807, 2.05) is 30.3 Å². The fraction of sp³-hybridized carbons (Fsp3) is 0.467. The highest BCUT2D eigenvalue weighted by Crippen LogP contribution is 2.08. The predicted octanol–water partition coefficient (Wildman–Crippen LogP) is 0.934. The standard InChI is InChI=1S/C15H21NO5/c1-11(21-9-12-6-4-3-5-7-12)14(19)16-10-15(2,20)8-13(17)18/h3-7,11,20H,8-10H2,1-2H3,(H,16,19)(H,17,18). The summed E-state index contributed by atoms with van der Waals surface area (Å²) in [5.74, 6) is -1.51. The number of hydrogen-bond acceptors (Lipinski definition) is 4. The molecule has 0 spiro atoms. The van der Waals surface area contributed by atoms with Crippen LogP contribution in [-0.4, -0.2) is 40.3 Å². The molecule has 0 heterocycles. The minimum Gasteiger partial charge on any atom is -0.481 e. The number of amides is 1. The van der Waals surface area contributed by atoms with Gasteiger partial charge in [-0.25, -0.2) is 0 Å². The molecule has 0 bridgehead atoms. The molecule has 0 saturated heterocycles. The Labute approximate surface area is 123 Å². The Morgan fingerprint density at radius 2 is 1.95 bits per heavy atom. The molecule has 3 N–H and O–H groups in total. The Balaban J connectivity index is 2.36. The summed E-state index contributed by atoms with van der Waals surface area (Å²) in [5, 5.41) is 20.9. The van der Waals surface area contributed by atoms with Crippen molar-refractivity contribution in [3.63, 3.8) is 0 Å². The van der Waals surface area contributed by atoms with E-state index in [-0.39, 0.29) is 6.54 Å². The highest BCUT2D eigenvalue weighted by molar-refractivity contribution is 5.80. The fourth-order valence-electron chi connectivity index (χ4n) is 1.68. The number of aliphatic carboxylic acids is 1. The topological polar surface area (TPSA) is 95.9 Å². The zero-order valence-electron chi connectivity index (χ0n) is 12.2. The number of carbonyl (C=O) groups is 2. The Kier molecular flexibility index (Phi) is 6.33. The number of benzene rings is 1. The van der Waals surface area contributed by atoms with Gasteiger partial charge in [-0.1, -0.05) is 30.3 Å². The van der Waals surface area contributed by atoms with Gasteiger partial charge in [0.05, 0.1) is 18.6 Å². The largest absolute Gasteiger partial charge is 0.481 e. The number of carboxylic acid groups (broad SMARTS) is 1. The van der Waals surface area contributed by atoms with Gasteiger partial charge in [0, 0.05) is 6.54 Å². The van der Waals surface area contributed by atoms with Crippen LogP contribution in [0.3, 0.4) is 0 Å². The van der Waals surface area contributed by atoms with Gasteiger partial charge in [-0.2, -0.15) is 0 Å². The van der Waals surface area contributed by atoms with E-state index in [2.05, 4.69) is 5.32 Å². The molecule has 1 aromatic rings. The van der Waals surface area contributed by atoms with Crippen molar-refractivity contribution in [2.24, 2.45) is 0 Å². The highest BCUT2D eigenvalue weighted by atomic mass is 16.5. The number of carboxylic acids is 1. The molecule has 0 saturated carbocycles. The van der Waals surface area contributed by atoms with Crippen LogP contribution in [0.5, 0.6) is 0 Å². The second-order valence-electron chi connectivity index (χ2n) is 5.22. The molecule has 0 aliphatic rings. The van der Waals surface area contributed by atoms with Crippen LogP contribution < -0.4 is 5.32 Å². The summed E-state index contributed by atoms with van der Waals surface area (Å²) >= 11 is 0. The third kappa shape index (κ3) is 6.87. The molecule has 2 unspecified atom stereocenters. The second-order valence-corrected chi connectivity index (χ2v) is 5.22. The van der Waals surface area contributed by atoms with Crippen LogP contribution in [0, 0.1) is 0 Å². The van der Waals surface area contributed by atoms with Crippen molar-refractivity contribution in [3.05, 3.63) is 35.9 Å². The molecular formula is C15H21NO5. The molecule has 0 aliphatic heterocycles. The molecule has 1 amide bonds. The monoisotopic (exact) mass is 295 g/mol. The zero-order valence-corrected chi connectivity index (χ0v) is 12.2. The minimum absolute atomic E-state index is 0.142. The van der Waals surface area contributed by atoms with Crippen LogP contribution in [0.2, 0.25) is 0 Å². The quantitative estimate of drug-likeness (QED) is 0.663. The molecule has 21 heavy (non-hydrogen) atoms. The Hall–Kier alpha value is -1.92. The van der Waals surface area contributed by atoms with Crippen molar-refractivity contribution in [1.82, 2.24) is 5.32 Å². The van der Waals surface area contributed by atoms with Crippen molar-refractivity contribution >= 4 is 11.9 Å². The fourth-order valence-corrected chi connectivity index (χ4v) is 1.68. The van der Waals surface area contributed by atoms with E-state index in [0.717, 1.165) is 5.56 Å². The number of aliphatic hydroxyl groups is 1. The SMILES string of the molecule is CC(OCc1ccccc1)C(=O)NCC(C)(O)CC(=O)O. The van der Waals surface area contributed by atoms with Crippen molar-refractivity contribution in [2.45, 2.75) is 38.6 Å². The lowest BCUT2D eigenvalue weighted by Gasteiger charge is -2.22. The lowest BCUT2D eigenvalue weighted by molar-refractivity contribution is -0.143. The summed E-state index contributed by atoms with van der Waals surface area (Å²) in [4.78, 5) is 22.4. The summed E-state index contributed by atoms with van der Waals surface area (Å²) in [6, 6.07) is 9.44. The van der Waals surface area contributed by atoms with Crippen molar-refractivity contribution < 1.29 is 24.5 Å². The first-order chi connectivity index (χ1) is 9.80. The van der Waals surface area contributed by atoms with Crippen LogP contribution >= 0.6 is 0 Å². The Morgan fingerprint density at radius 3 is 2.52 bits per heavy atom. The number of rotatable bonds is 8. The zero-order chi connectivity index (χ0) is 15.9. The molecule has 2 atom stereocenters. The van der Waals surface area contributed by atoms with Crippen molar-refractivity contribution in [2.75, 3.05) is 6.54 Å². The van der Waals surface area contributed by atoms with E-state index in [1.165, 1.54) is 6.92 Å². The summed E-state index contributed by atoms with van der Waals surface area (Å²) in [7, 11) is 0. The van der Waals surface area contributed by atoms with Crippen molar-refractivity contribution in [1.29, 1.82) is 0 Å². The average Bonchev–Trinajstić information content (AvgIpc) is 2.42. The lowest BCUT2D eigenvalue weighted by Crippen LogP contribution is -2.45. The van der Waals surface area contributed by atoms with Crippen LogP contribution in [0.4, 0.5) is 0 Å². The van der Waals surface area contributed by atoms with Crippen LogP contribution in [0.1, 0.15) is 25.8 Å². The first-order valence-corrected chi connectivity index (χ1v) is 6.67. The van der Waals surface area contributed by atoms with Gasteiger partial charge in [-0.15, -0.1) is 0 Å². The van der Waals surface area contributed by atoms with E-state index >= 15 is 0 Å². The van der Waals surface area contributed by atoms with Crippen LogP contribution in [0.15, 0.2) is 30.3 Å². The molecule has 1 rings (SSSR count). The van der Waals surface area contributed by atoms with Gasteiger partial charge in [0.2, 0.25) is 5.91 Å². The maximum atomic E-state index is 11.8. The summed E-state index contributed by atoms with van der Waals surface area (Å²) in [6.45, 7) is 3.12. The molecule has 0 fully saturated rings. The molecule has 0 radical (unpaired) electrons. The van der Waals surface area contributed by atoms with E-state index < -0.39 is 30.0 Å². The first kappa shape index (κ1) is 17.1. The molecule has 0 aromatic heterocycles. The molecule has 116 valence electrons. The first-order valence-electron chi connectivity index (χ1n) is 6.67. The normalized spacial score (nSPS) is 15.0. The third-order valence-electron chi connectivity index (χ3n) is 2.89. The van der Waals surface area contributed by atoms with Gasteiger partial charge in [-0.3, -0.25) is 9.59 Å². The van der Waals surface area contributed by atoms with Crippen LogP contribution in [0.25, 0.3) is 0 Å².